The van der Waals surface area contributed by atoms with Crippen LogP contribution >= 0.6 is 54.5 Å². The fraction of sp³-hybridized carbons (Fsp3) is 0.250. The van der Waals surface area contributed by atoms with Gasteiger partial charge in [0.25, 0.3) is 0 Å². The first-order valence-corrected chi connectivity index (χ1v) is 8.99. The van der Waals surface area contributed by atoms with E-state index in [1.807, 2.05) is 7.05 Å². The Bertz CT molecular complexity index is 641. The van der Waals surface area contributed by atoms with Crippen LogP contribution in [0, 0.1) is 17.4 Å². The largest absolute Gasteiger partial charge is 0.309 e. The van der Waals surface area contributed by atoms with Gasteiger partial charge in [0.2, 0.25) is 0 Å². The van der Waals surface area contributed by atoms with E-state index in [0.29, 0.717) is 0 Å². The molecule has 0 aromatic heterocycles. The number of aryl methyl sites for hydroxylation is 2. The standard InChI is InChI=1S/C16H16Br2IN/c1-9-7-14(18)10(2)6-12(9)16(20-3)13-8-11(17)4-5-15(13)19/h4-8,16,20H,1-3H3. The number of hydrogen-bond acceptors (Lipinski definition) is 1. The predicted molar refractivity (Wildman–Crippen MR) is 101 cm³/mol. The van der Waals surface area contributed by atoms with Crippen molar-refractivity contribution in [1.82, 2.24) is 5.32 Å². The van der Waals surface area contributed by atoms with Gasteiger partial charge in [-0.3, -0.25) is 0 Å². The first-order chi connectivity index (χ1) is 9.43. The molecular formula is C16H16Br2IN. The molecule has 0 bridgehead atoms. The number of benzene rings is 2. The minimum atomic E-state index is 0.200. The van der Waals surface area contributed by atoms with Gasteiger partial charge in [-0.2, -0.15) is 0 Å². The topological polar surface area (TPSA) is 12.0 Å². The summed E-state index contributed by atoms with van der Waals surface area (Å²) in [6, 6.07) is 11.1. The molecule has 1 atom stereocenters. The van der Waals surface area contributed by atoms with Gasteiger partial charge in [0.15, 0.2) is 0 Å². The third-order valence-electron chi connectivity index (χ3n) is 3.42. The van der Waals surface area contributed by atoms with Gasteiger partial charge < -0.3 is 5.32 Å². The average Bonchev–Trinajstić information content (AvgIpc) is 2.40. The molecule has 0 aliphatic rings. The van der Waals surface area contributed by atoms with E-state index in [4.69, 9.17) is 0 Å². The molecule has 0 aliphatic carbocycles. The zero-order valence-corrected chi connectivity index (χ0v) is 16.9. The Morgan fingerprint density at radius 3 is 2.35 bits per heavy atom. The maximum atomic E-state index is 3.60. The number of rotatable bonds is 3. The lowest BCUT2D eigenvalue weighted by Crippen LogP contribution is -2.20. The molecule has 2 aromatic carbocycles. The van der Waals surface area contributed by atoms with Gasteiger partial charge in [0, 0.05) is 12.5 Å². The van der Waals surface area contributed by atoms with Crippen molar-refractivity contribution in [3.05, 3.63) is 65.1 Å². The van der Waals surface area contributed by atoms with Gasteiger partial charge in [-0.25, -0.2) is 0 Å². The van der Waals surface area contributed by atoms with Crippen LogP contribution in [0.4, 0.5) is 0 Å². The van der Waals surface area contributed by atoms with Gasteiger partial charge >= 0.3 is 0 Å². The zero-order chi connectivity index (χ0) is 14.9. The lowest BCUT2D eigenvalue weighted by molar-refractivity contribution is 0.683. The first-order valence-electron chi connectivity index (χ1n) is 6.33. The van der Waals surface area contributed by atoms with Crippen molar-refractivity contribution in [2.24, 2.45) is 0 Å². The second-order valence-electron chi connectivity index (χ2n) is 4.85. The first kappa shape index (κ1) is 16.5. The summed E-state index contributed by atoms with van der Waals surface area (Å²) in [5.74, 6) is 0. The van der Waals surface area contributed by atoms with Crippen molar-refractivity contribution in [1.29, 1.82) is 0 Å². The highest BCUT2D eigenvalue weighted by Gasteiger charge is 2.18. The van der Waals surface area contributed by atoms with E-state index in [0.717, 1.165) is 8.95 Å². The molecule has 1 nitrogen and oxygen atoms in total. The Balaban J connectivity index is 2.58. The van der Waals surface area contributed by atoms with E-state index in [9.17, 15) is 0 Å². The molecule has 0 amide bonds. The maximum Gasteiger partial charge on any atom is 0.0587 e. The van der Waals surface area contributed by atoms with Gasteiger partial charge in [0.05, 0.1) is 6.04 Å². The van der Waals surface area contributed by atoms with Crippen LogP contribution in [-0.4, -0.2) is 7.05 Å². The SMILES string of the molecule is CNC(c1cc(C)c(Br)cc1C)c1cc(Br)ccc1I. The average molecular weight is 509 g/mol. The van der Waals surface area contributed by atoms with Gasteiger partial charge in [0.1, 0.15) is 0 Å². The Kier molecular flexibility index (Phi) is 5.68. The van der Waals surface area contributed by atoms with Crippen LogP contribution in [0.5, 0.6) is 0 Å². The van der Waals surface area contributed by atoms with Crippen molar-refractivity contribution in [2.75, 3.05) is 7.05 Å². The summed E-state index contributed by atoms with van der Waals surface area (Å²) in [5, 5.41) is 3.45. The van der Waals surface area contributed by atoms with E-state index >= 15 is 0 Å². The van der Waals surface area contributed by atoms with Gasteiger partial charge in [-0.1, -0.05) is 37.9 Å². The van der Waals surface area contributed by atoms with E-state index in [1.54, 1.807) is 0 Å². The summed E-state index contributed by atoms with van der Waals surface area (Å²) >= 11 is 9.58. The fourth-order valence-electron chi connectivity index (χ4n) is 2.33. The summed E-state index contributed by atoms with van der Waals surface area (Å²) in [4.78, 5) is 0. The molecule has 4 heteroatoms. The van der Waals surface area contributed by atoms with Crippen LogP contribution in [0.15, 0.2) is 39.3 Å². The molecule has 1 unspecified atom stereocenters. The Morgan fingerprint density at radius 2 is 1.70 bits per heavy atom. The monoisotopic (exact) mass is 507 g/mol. The minimum absolute atomic E-state index is 0.200. The lowest BCUT2D eigenvalue weighted by atomic mass is 9.94. The lowest BCUT2D eigenvalue weighted by Gasteiger charge is -2.22. The van der Waals surface area contributed by atoms with Crippen LogP contribution in [0.1, 0.15) is 28.3 Å². The maximum absolute atomic E-state index is 3.60. The Morgan fingerprint density at radius 1 is 1.00 bits per heavy atom. The summed E-state index contributed by atoms with van der Waals surface area (Å²) < 4.78 is 3.54. The smallest absolute Gasteiger partial charge is 0.0587 e. The van der Waals surface area contributed by atoms with Crippen molar-refractivity contribution in [3.8, 4) is 0 Å². The molecule has 0 saturated carbocycles. The molecule has 20 heavy (non-hydrogen) atoms. The third kappa shape index (κ3) is 3.46. The molecule has 2 rings (SSSR count). The zero-order valence-electron chi connectivity index (χ0n) is 11.6. The fourth-order valence-corrected chi connectivity index (χ4v) is 3.81. The second-order valence-corrected chi connectivity index (χ2v) is 7.78. The molecule has 0 radical (unpaired) electrons. The molecule has 0 aliphatic heterocycles. The summed E-state index contributed by atoms with van der Waals surface area (Å²) in [7, 11) is 2.01. The van der Waals surface area contributed by atoms with Gasteiger partial charge in [-0.05, 0) is 90.0 Å². The van der Waals surface area contributed by atoms with Crippen molar-refractivity contribution in [3.63, 3.8) is 0 Å². The van der Waals surface area contributed by atoms with Crippen LogP contribution < -0.4 is 5.32 Å². The van der Waals surface area contributed by atoms with Crippen molar-refractivity contribution < 1.29 is 0 Å². The molecular weight excluding hydrogens is 493 g/mol. The summed E-state index contributed by atoms with van der Waals surface area (Å²) in [6.45, 7) is 4.29. The van der Waals surface area contributed by atoms with E-state index < -0.39 is 0 Å². The predicted octanol–water partition coefficient (Wildman–Crippen LogP) is 5.74. The van der Waals surface area contributed by atoms with Crippen molar-refractivity contribution >= 4 is 54.5 Å². The van der Waals surface area contributed by atoms with Crippen LogP contribution in [0.3, 0.4) is 0 Å². The summed E-state index contributed by atoms with van der Waals surface area (Å²) in [6.07, 6.45) is 0. The van der Waals surface area contributed by atoms with Crippen LogP contribution in [0.25, 0.3) is 0 Å². The van der Waals surface area contributed by atoms with Crippen LogP contribution in [-0.2, 0) is 0 Å². The number of halogens is 3. The molecule has 1 N–H and O–H groups in total. The summed E-state index contributed by atoms with van der Waals surface area (Å²) in [5.41, 5.74) is 5.17. The quantitative estimate of drug-likeness (QED) is 0.521. The molecule has 106 valence electrons. The van der Waals surface area contributed by atoms with E-state index in [2.05, 4.69) is 104 Å². The number of nitrogens with one attached hydrogen (secondary N) is 1. The highest BCUT2D eigenvalue weighted by Crippen LogP contribution is 2.32. The molecule has 0 spiro atoms. The molecule has 0 heterocycles. The highest BCUT2D eigenvalue weighted by molar-refractivity contribution is 14.1. The van der Waals surface area contributed by atoms with Crippen LogP contribution in [0.2, 0.25) is 0 Å². The Hall–Kier alpha value is 0.0900. The minimum Gasteiger partial charge on any atom is -0.309 e. The normalized spacial score (nSPS) is 12.5. The van der Waals surface area contributed by atoms with Crippen molar-refractivity contribution in [2.45, 2.75) is 19.9 Å². The Labute approximate surface area is 150 Å². The number of hydrogen-bond donors (Lipinski definition) is 1. The third-order valence-corrected chi connectivity index (χ3v) is 5.75. The van der Waals surface area contributed by atoms with Gasteiger partial charge in [-0.15, -0.1) is 0 Å². The second kappa shape index (κ2) is 6.90. The molecule has 0 saturated heterocycles. The van der Waals surface area contributed by atoms with E-state index in [-0.39, 0.29) is 6.04 Å². The van der Waals surface area contributed by atoms with E-state index in [1.165, 1.54) is 25.8 Å². The molecule has 2 aromatic rings. The molecule has 0 fully saturated rings. The highest BCUT2D eigenvalue weighted by atomic mass is 127.